The van der Waals surface area contributed by atoms with E-state index in [1.54, 1.807) is 0 Å². The van der Waals surface area contributed by atoms with Gasteiger partial charge in [0.1, 0.15) is 6.61 Å². The third-order valence-electron chi connectivity index (χ3n) is 22.1. The number of fused-ring (bicyclic) bond motifs is 7. The van der Waals surface area contributed by atoms with Crippen LogP contribution in [0, 0.1) is 73.4 Å². The van der Waals surface area contributed by atoms with Crippen LogP contribution in [0.1, 0.15) is 164 Å². The standard InChI is InChI=1S/C58H81ClN2O5/c1-35(2)45-41(62)32-57(48(60)52(7,8)61-34-56(28-29-56)37-17-19-38(59)20-18-37)30-27-54(10)39(46(45)57)21-22-44-53(9)25-23-43(50(3,4)42(53)24-26-55(44,54)11)58(49(64)65)31-40(51(58,5)6)47(63)66-33-36-15-13-12-14-16-36/h12-20,35,39-40,42-44,48,61H,21-34,60H2,1-11H3,(H,64,65)/t39-,40+,42-,43+,44-,48?,53-,54-,55-,57-,58-/m1/s1. The fraction of sp³-hybridized carbons (Fsp3) is 0.707. The Bertz CT molecular complexity index is 2300. The highest BCUT2D eigenvalue weighted by molar-refractivity contribution is 6.30. The highest BCUT2D eigenvalue weighted by Gasteiger charge is 2.76. The molecule has 66 heavy (non-hydrogen) atoms. The number of ketones is 1. The van der Waals surface area contributed by atoms with Crippen molar-refractivity contribution in [1.29, 1.82) is 0 Å². The second-order valence-corrected chi connectivity index (χ2v) is 26.4. The molecular formula is C58H81ClN2O5. The number of ether oxygens (including phenoxy) is 1. The quantitative estimate of drug-likeness (QED) is 0.181. The maximum absolute atomic E-state index is 14.6. The van der Waals surface area contributed by atoms with Crippen LogP contribution in [0.3, 0.4) is 0 Å². The number of Topliss-reactive ketones (excluding diaryl/α,β-unsaturated/α-hetero) is 1. The van der Waals surface area contributed by atoms with Crippen LogP contribution in [0.15, 0.2) is 65.7 Å². The summed E-state index contributed by atoms with van der Waals surface area (Å²) in [5, 5.41) is 16.1. The lowest BCUT2D eigenvalue weighted by Crippen LogP contribution is -2.71. The molecule has 6 fully saturated rings. The predicted octanol–water partition coefficient (Wildman–Crippen LogP) is 12.5. The highest BCUT2D eigenvalue weighted by atomic mass is 35.5. The number of allylic oxidation sites excluding steroid dienone is 1. The summed E-state index contributed by atoms with van der Waals surface area (Å²) in [5.74, 6) is -0.00416. The normalized spacial score (nSPS) is 38.9. The Labute approximate surface area is 401 Å². The van der Waals surface area contributed by atoms with Gasteiger partial charge in [-0.15, -0.1) is 0 Å². The first-order valence-corrected chi connectivity index (χ1v) is 26.2. The van der Waals surface area contributed by atoms with E-state index >= 15 is 0 Å². The summed E-state index contributed by atoms with van der Waals surface area (Å²) in [4.78, 5) is 42.1. The Morgan fingerprint density at radius 2 is 1.48 bits per heavy atom. The molecule has 0 aromatic heterocycles. The fourth-order valence-corrected chi connectivity index (χ4v) is 18.1. The van der Waals surface area contributed by atoms with Gasteiger partial charge in [0, 0.05) is 40.4 Å². The highest BCUT2D eigenvalue weighted by Crippen LogP contribution is 2.80. The molecule has 1 unspecified atom stereocenters. The zero-order valence-electron chi connectivity index (χ0n) is 42.2. The summed E-state index contributed by atoms with van der Waals surface area (Å²) >= 11 is 6.29. The van der Waals surface area contributed by atoms with Gasteiger partial charge in [-0.05, 0) is 170 Å². The summed E-state index contributed by atoms with van der Waals surface area (Å²) in [5.41, 5.74) is 9.82. The molecule has 6 saturated carbocycles. The van der Waals surface area contributed by atoms with E-state index in [1.807, 2.05) is 56.3 Å². The maximum atomic E-state index is 14.6. The molecule has 4 N–H and O–H groups in total. The van der Waals surface area contributed by atoms with Gasteiger partial charge in [-0.25, -0.2) is 0 Å². The molecular weight excluding hydrogens is 840 g/mol. The molecule has 360 valence electrons. The molecule has 7 aliphatic rings. The van der Waals surface area contributed by atoms with Gasteiger partial charge in [0.25, 0.3) is 0 Å². The first-order chi connectivity index (χ1) is 30.8. The molecule has 11 atom stereocenters. The number of aliphatic carboxylic acids is 1. The lowest BCUT2D eigenvalue weighted by Gasteiger charge is -2.74. The zero-order valence-corrected chi connectivity index (χ0v) is 42.9. The SMILES string of the molecule is CC(C)C1=C2[C@H]3CC[C@@H]4[C@]5(C)CC[C@H]([C@@]6(C(=O)O)C[C@@H](C(=O)OCc7ccccc7)C6(C)C)C(C)(C)[C@H]5CC[C@@]4(C)[C@]3(C)CC[C@@]2(C(N)C(C)(C)NCC2(c3ccc(Cl)cc3)CC2)CC1=O. The molecule has 8 heteroatoms. The average molecular weight is 922 g/mol. The first-order valence-electron chi connectivity index (χ1n) is 25.8. The smallest absolute Gasteiger partial charge is 0.310 e. The lowest BCUT2D eigenvalue weighted by molar-refractivity contribution is -0.262. The Morgan fingerprint density at radius 1 is 0.833 bits per heavy atom. The van der Waals surface area contributed by atoms with Crippen LogP contribution in [-0.4, -0.2) is 41.0 Å². The maximum Gasteiger partial charge on any atom is 0.310 e. The summed E-state index contributed by atoms with van der Waals surface area (Å²) in [6.45, 7) is 26.7. The van der Waals surface area contributed by atoms with Crippen LogP contribution < -0.4 is 11.1 Å². The van der Waals surface area contributed by atoms with E-state index in [1.165, 1.54) is 11.1 Å². The van der Waals surface area contributed by atoms with Gasteiger partial charge in [0.2, 0.25) is 0 Å². The van der Waals surface area contributed by atoms with Crippen molar-refractivity contribution in [3.63, 3.8) is 0 Å². The number of carboxylic acids is 1. The van der Waals surface area contributed by atoms with Crippen molar-refractivity contribution >= 4 is 29.3 Å². The van der Waals surface area contributed by atoms with Gasteiger partial charge in [-0.3, -0.25) is 14.4 Å². The average Bonchev–Trinajstić information content (AvgIpc) is 3.98. The Hall–Kier alpha value is -3.00. The Kier molecular flexibility index (Phi) is 11.5. The third kappa shape index (κ3) is 6.63. The van der Waals surface area contributed by atoms with Crippen LogP contribution in [0.25, 0.3) is 0 Å². The number of carboxylic acid groups (broad SMARTS) is 1. The van der Waals surface area contributed by atoms with Gasteiger partial charge in [0.15, 0.2) is 5.78 Å². The number of carbonyl (C=O) groups is 3. The van der Waals surface area contributed by atoms with Crippen LogP contribution >= 0.6 is 11.6 Å². The monoisotopic (exact) mass is 921 g/mol. The van der Waals surface area contributed by atoms with Crippen LogP contribution in [-0.2, 0) is 31.1 Å². The molecule has 0 bridgehead atoms. The number of hydrogen-bond acceptors (Lipinski definition) is 6. The molecule has 0 heterocycles. The van der Waals surface area contributed by atoms with E-state index in [2.05, 4.69) is 79.8 Å². The zero-order chi connectivity index (χ0) is 47.8. The second-order valence-electron chi connectivity index (χ2n) is 26.0. The van der Waals surface area contributed by atoms with Crippen molar-refractivity contribution in [2.24, 2.45) is 79.1 Å². The largest absolute Gasteiger partial charge is 0.481 e. The van der Waals surface area contributed by atoms with E-state index in [0.29, 0.717) is 30.5 Å². The number of rotatable bonds is 12. The number of esters is 1. The summed E-state index contributed by atoms with van der Waals surface area (Å²) in [6.07, 6.45) is 11.2. The topological polar surface area (TPSA) is 119 Å². The van der Waals surface area contributed by atoms with Crippen molar-refractivity contribution in [2.75, 3.05) is 6.54 Å². The molecule has 0 spiro atoms. The Balaban J connectivity index is 0.977. The molecule has 2 aromatic carbocycles. The molecule has 0 aliphatic heterocycles. The molecule has 0 radical (unpaired) electrons. The van der Waals surface area contributed by atoms with Crippen LogP contribution in [0.5, 0.6) is 0 Å². The van der Waals surface area contributed by atoms with Gasteiger partial charge in [-0.2, -0.15) is 0 Å². The number of halogens is 1. The lowest BCUT2D eigenvalue weighted by atomic mass is 9.29. The van der Waals surface area contributed by atoms with Gasteiger partial charge >= 0.3 is 11.9 Å². The number of nitrogens with one attached hydrogen (secondary N) is 1. The van der Waals surface area contributed by atoms with Crippen molar-refractivity contribution in [2.45, 2.75) is 177 Å². The van der Waals surface area contributed by atoms with Gasteiger partial charge in [0.05, 0.1) is 11.3 Å². The predicted molar refractivity (Wildman–Crippen MR) is 264 cm³/mol. The van der Waals surface area contributed by atoms with Crippen molar-refractivity contribution in [3.8, 4) is 0 Å². The van der Waals surface area contributed by atoms with E-state index in [0.717, 1.165) is 86.9 Å². The number of hydrogen-bond donors (Lipinski definition) is 3. The van der Waals surface area contributed by atoms with E-state index < -0.39 is 28.3 Å². The van der Waals surface area contributed by atoms with Crippen molar-refractivity contribution in [1.82, 2.24) is 5.32 Å². The Morgan fingerprint density at radius 3 is 2.09 bits per heavy atom. The molecule has 0 amide bonds. The van der Waals surface area contributed by atoms with Crippen molar-refractivity contribution in [3.05, 3.63) is 81.9 Å². The molecule has 9 rings (SSSR count). The number of carbonyl (C=O) groups excluding carboxylic acids is 2. The summed E-state index contributed by atoms with van der Waals surface area (Å²) in [6, 6.07) is 17.9. The number of nitrogens with two attached hydrogens (primary N) is 1. The molecule has 0 saturated heterocycles. The van der Waals surface area contributed by atoms with E-state index in [4.69, 9.17) is 22.1 Å². The fourth-order valence-electron chi connectivity index (χ4n) is 18.0. The van der Waals surface area contributed by atoms with Crippen LogP contribution in [0.2, 0.25) is 5.02 Å². The first kappa shape index (κ1) is 48.0. The molecule has 2 aromatic rings. The minimum atomic E-state index is -1.02. The number of benzene rings is 2. The molecule has 7 nitrogen and oxygen atoms in total. The summed E-state index contributed by atoms with van der Waals surface area (Å²) in [7, 11) is 0. The van der Waals surface area contributed by atoms with Crippen molar-refractivity contribution < 1.29 is 24.2 Å². The van der Waals surface area contributed by atoms with E-state index in [9.17, 15) is 19.5 Å². The minimum Gasteiger partial charge on any atom is -0.481 e. The minimum absolute atomic E-state index is 0.00991. The van der Waals surface area contributed by atoms with Gasteiger partial charge in [-0.1, -0.05) is 122 Å². The molecule has 7 aliphatic carbocycles. The van der Waals surface area contributed by atoms with Crippen LogP contribution in [0.4, 0.5) is 0 Å². The third-order valence-corrected chi connectivity index (χ3v) is 22.4. The van der Waals surface area contributed by atoms with E-state index in [-0.39, 0.29) is 68.9 Å². The second kappa shape index (κ2) is 15.8. The summed E-state index contributed by atoms with van der Waals surface area (Å²) < 4.78 is 5.87. The van der Waals surface area contributed by atoms with Gasteiger partial charge < -0.3 is 20.9 Å².